The van der Waals surface area contributed by atoms with Crippen LogP contribution in [0, 0.1) is 11.3 Å². The molecular formula is C14H10N2O3S. The van der Waals surface area contributed by atoms with E-state index in [9.17, 15) is 5.11 Å². The van der Waals surface area contributed by atoms with Crippen molar-refractivity contribution in [3.05, 3.63) is 34.3 Å². The molecule has 0 fully saturated rings. The van der Waals surface area contributed by atoms with Crippen LogP contribution in [0.5, 0.6) is 11.5 Å². The Labute approximate surface area is 119 Å². The third-order valence-electron chi connectivity index (χ3n) is 2.86. The van der Waals surface area contributed by atoms with Crippen molar-refractivity contribution in [2.45, 2.75) is 6.92 Å². The van der Waals surface area contributed by atoms with E-state index in [0.717, 1.165) is 11.3 Å². The summed E-state index contributed by atoms with van der Waals surface area (Å²) in [7, 11) is 0. The fraction of sp³-hybridized carbons (Fsp3) is 0.143. The van der Waals surface area contributed by atoms with E-state index in [4.69, 9.17) is 14.7 Å². The Morgan fingerprint density at radius 1 is 1.40 bits per heavy atom. The topological polar surface area (TPSA) is 75.4 Å². The number of thiazole rings is 1. The summed E-state index contributed by atoms with van der Waals surface area (Å²) in [4.78, 5) is 4.38. The first-order chi connectivity index (χ1) is 9.69. The lowest BCUT2D eigenvalue weighted by atomic mass is 10.1. The molecule has 2 aromatic rings. The molecule has 3 rings (SSSR count). The lowest BCUT2D eigenvalue weighted by molar-refractivity contribution is 0.174. The number of allylic oxidation sites excluding steroid dienone is 2. The number of aliphatic hydroxyl groups is 1. The minimum Gasteiger partial charge on any atom is -0.511 e. The van der Waals surface area contributed by atoms with Crippen LogP contribution in [0.15, 0.2) is 29.3 Å². The van der Waals surface area contributed by atoms with Gasteiger partial charge in [0.05, 0.1) is 5.69 Å². The predicted molar refractivity (Wildman–Crippen MR) is 74.5 cm³/mol. The van der Waals surface area contributed by atoms with Gasteiger partial charge in [0.2, 0.25) is 6.79 Å². The molecule has 0 amide bonds. The van der Waals surface area contributed by atoms with Crippen LogP contribution in [0.1, 0.15) is 11.9 Å². The maximum absolute atomic E-state index is 9.46. The Balaban J connectivity index is 1.99. The van der Waals surface area contributed by atoms with E-state index in [1.54, 1.807) is 0 Å². The number of hydrogen-bond donors (Lipinski definition) is 1. The van der Waals surface area contributed by atoms with Gasteiger partial charge in [-0.3, -0.25) is 0 Å². The molecule has 100 valence electrons. The second kappa shape index (κ2) is 4.87. The number of benzene rings is 1. The van der Waals surface area contributed by atoms with Gasteiger partial charge in [0.1, 0.15) is 22.4 Å². The van der Waals surface area contributed by atoms with Gasteiger partial charge in [-0.15, -0.1) is 11.3 Å². The Kier molecular flexibility index (Phi) is 3.05. The molecule has 6 heteroatoms. The molecule has 0 radical (unpaired) electrons. The SMILES string of the molecule is C/C(O)=C(/C#N)c1nc(-c2ccc3c(c2)OCO3)cs1. The van der Waals surface area contributed by atoms with E-state index in [1.165, 1.54) is 18.3 Å². The first-order valence-electron chi connectivity index (χ1n) is 5.85. The molecule has 1 aromatic heterocycles. The molecule has 0 saturated carbocycles. The highest BCUT2D eigenvalue weighted by Crippen LogP contribution is 2.36. The number of ether oxygens (including phenoxy) is 2. The summed E-state index contributed by atoms with van der Waals surface area (Å²) in [5.74, 6) is 1.37. The standard InChI is InChI=1S/C14H10N2O3S/c1-8(17)10(5-15)14-16-11(6-20-14)9-2-3-12-13(4-9)19-7-18-12/h2-4,6,17H,7H2,1H3/b10-8+. The first-order valence-corrected chi connectivity index (χ1v) is 6.73. The summed E-state index contributed by atoms with van der Waals surface area (Å²) in [6.07, 6.45) is 0. The Morgan fingerprint density at radius 3 is 2.95 bits per heavy atom. The van der Waals surface area contributed by atoms with Gasteiger partial charge in [0.25, 0.3) is 0 Å². The minimum atomic E-state index is -0.0286. The number of hydrogen-bond acceptors (Lipinski definition) is 6. The van der Waals surface area contributed by atoms with E-state index >= 15 is 0 Å². The molecule has 0 unspecified atom stereocenters. The molecule has 5 nitrogen and oxygen atoms in total. The molecular weight excluding hydrogens is 276 g/mol. The molecule has 1 aromatic carbocycles. The van der Waals surface area contributed by atoms with E-state index in [-0.39, 0.29) is 18.1 Å². The maximum atomic E-state index is 9.46. The van der Waals surface area contributed by atoms with Gasteiger partial charge in [-0.1, -0.05) is 0 Å². The number of aliphatic hydroxyl groups excluding tert-OH is 1. The highest BCUT2D eigenvalue weighted by Gasteiger charge is 2.16. The molecule has 0 bridgehead atoms. The van der Waals surface area contributed by atoms with E-state index < -0.39 is 0 Å². The van der Waals surface area contributed by atoms with Crippen molar-refractivity contribution in [1.29, 1.82) is 5.26 Å². The number of nitriles is 1. The average Bonchev–Trinajstić information content (AvgIpc) is 3.06. The third kappa shape index (κ3) is 2.08. The minimum absolute atomic E-state index is 0.0286. The van der Waals surface area contributed by atoms with Crippen molar-refractivity contribution in [3.8, 4) is 28.8 Å². The average molecular weight is 286 g/mol. The number of nitrogens with zero attached hydrogens (tertiary/aromatic N) is 2. The summed E-state index contributed by atoms with van der Waals surface area (Å²) in [5, 5.41) is 20.8. The molecule has 0 aliphatic carbocycles. The number of rotatable bonds is 2. The van der Waals surface area contributed by atoms with Crippen LogP contribution < -0.4 is 9.47 Å². The van der Waals surface area contributed by atoms with E-state index in [1.807, 2.05) is 29.6 Å². The van der Waals surface area contributed by atoms with Crippen molar-refractivity contribution in [2.75, 3.05) is 6.79 Å². The smallest absolute Gasteiger partial charge is 0.231 e. The van der Waals surface area contributed by atoms with Crippen LogP contribution in [-0.4, -0.2) is 16.9 Å². The molecule has 1 aliphatic heterocycles. The largest absolute Gasteiger partial charge is 0.511 e. The van der Waals surface area contributed by atoms with Gasteiger partial charge in [0, 0.05) is 10.9 Å². The van der Waals surface area contributed by atoms with Gasteiger partial charge in [-0.25, -0.2) is 4.98 Å². The summed E-state index contributed by atoms with van der Waals surface area (Å²) in [5.41, 5.74) is 1.81. The summed E-state index contributed by atoms with van der Waals surface area (Å²) >= 11 is 1.32. The second-order valence-corrected chi connectivity index (χ2v) is 5.04. The van der Waals surface area contributed by atoms with Gasteiger partial charge in [-0.05, 0) is 25.1 Å². The van der Waals surface area contributed by atoms with Crippen LogP contribution in [0.2, 0.25) is 0 Å². The van der Waals surface area contributed by atoms with Crippen molar-refractivity contribution in [2.24, 2.45) is 0 Å². The Bertz CT molecular complexity index is 739. The highest BCUT2D eigenvalue weighted by atomic mass is 32.1. The molecule has 20 heavy (non-hydrogen) atoms. The zero-order valence-corrected chi connectivity index (χ0v) is 11.4. The number of aromatic nitrogens is 1. The van der Waals surface area contributed by atoms with Crippen LogP contribution in [0.4, 0.5) is 0 Å². The van der Waals surface area contributed by atoms with Crippen molar-refractivity contribution in [3.63, 3.8) is 0 Å². The molecule has 2 heterocycles. The maximum Gasteiger partial charge on any atom is 0.231 e. The van der Waals surface area contributed by atoms with Gasteiger partial charge >= 0.3 is 0 Å². The lowest BCUT2D eigenvalue weighted by Crippen LogP contribution is -1.92. The van der Waals surface area contributed by atoms with Gasteiger partial charge < -0.3 is 14.6 Å². The van der Waals surface area contributed by atoms with Gasteiger partial charge in [0.15, 0.2) is 11.5 Å². The summed E-state index contributed by atoms with van der Waals surface area (Å²) in [6, 6.07) is 7.52. The zero-order chi connectivity index (χ0) is 14.1. The zero-order valence-electron chi connectivity index (χ0n) is 10.6. The monoisotopic (exact) mass is 286 g/mol. The van der Waals surface area contributed by atoms with E-state index in [0.29, 0.717) is 16.5 Å². The predicted octanol–water partition coefficient (Wildman–Crippen LogP) is 3.35. The molecule has 1 aliphatic rings. The first kappa shape index (κ1) is 12.5. The third-order valence-corrected chi connectivity index (χ3v) is 3.72. The normalized spacial score (nSPS) is 13.8. The second-order valence-electron chi connectivity index (χ2n) is 4.18. The highest BCUT2D eigenvalue weighted by molar-refractivity contribution is 7.11. The molecule has 0 saturated heterocycles. The quantitative estimate of drug-likeness (QED) is 0.676. The van der Waals surface area contributed by atoms with Crippen LogP contribution in [0.25, 0.3) is 16.8 Å². The molecule has 0 atom stereocenters. The van der Waals surface area contributed by atoms with Crippen molar-refractivity contribution < 1.29 is 14.6 Å². The molecule has 0 spiro atoms. The Hall–Kier alpha value is -2.52. The van der Waals surface area contributed by atoms with Crippen molar-refractivity contribution >= 4 is 16.9 Å². The van der Waals surface area contributed by atoms with E-state index in [2.05, 4.69) is 4.98 Å². The summed E-state index contributed by atoms with van der Waals surface area (Å²) < 4.78 is 10.6. The van der Waals surface area contributed by atoms with Gasteiger partial charge in [-0.2, -0.15) is 5.26 Å². The Morgan fingerprint density at radius 2 is 2.20 bits per heavy atom. The van der Waals surface area contributed by atoms with Crippen molar-refractivity contribution in [1.82, 2.24) is 4.98 Å². The van der Waals surface area contributed by atoms with Crippen LogP contribution in [0.3, 0.4) is 0 Å². The summed E-state index contributed by atoms with van der Waals surface area (Å²) in [6.45, 7) is 1.70. The fourth-order valence-electron chi connectivity index (χ4n) is 1.86. The molecule has 1 N–H and O–H groups in total. The fourth-order valence-corrected chi connectivity index (χ4v) is 2.73. The lowest BCUT2D eigenvalue weighted by Gasteiger charge is -1.99. The van der Waals surface area contributed by atoms with Crippen LogP contribution >= 0.6 is 11.3 Å². The number of fused-ring (bicyclic) bond motifs is 1. The van der Waals surface area contributed by atoms with Crippen LogP contribution in [-0.2, 0) is 0 Å².